The van der Waals surface area contributed by atoms with Gasteiger partial charge in [-0.25, -0.2) is 9.13 Å². The topological polar surface area (TPSA) is 237 Å². The Morgan fingerprint density at radius 2 is 0.393 bits per heavy atom. The molecule has 0 bridgehead atoms. The molecule has 0 amide bonds. The fourth-order valence-electron chi connectivity index (χ4n) is 13.7. The van der Waals surface area contributed by atoms with Crippen molar-refractivity contribution in [1.82, 2.24) is 0 Å². The van der Waals surface area contributed by atoms with Crippen molar-refractivity contribution in [2.75, 3.05) is 39.6 Å². The Labute approximate surface area is 658 Å². The predicted octanol–water partition coefficient (Wildman–Crippen LogP) is 26.7. The average molecular weight is 1560 g/mol. The summed E-state index contributed by atoms with van der Waals surface area (Å²) in [4.78, 5) is 73.3. The van der Waals surface area contributed by atoms with Gasteiger partial charge >= 0.3 is 39.5 Å². The molecule has 0 aliphatic rings. The first kappa shape index (κ1) is 105. The average Bonchev–Trinajstić information content (AvgIpc) is 1.31. The zero-order valence-corrected chi connectivity index (χ0v) is 72.6. The number of carbonyl (C=O) groups is 4. The molecule has 107 heavy (non-hydrogen) atoms. The van der Waals surface area contributed by atoms with E-state index in [9.17, 15) is 43.2 Å². The van der Waals surface area contributed by atoms with Gasteiger partial charge in [0.15, 0.2) is 12.2 Å². The minimum Gasteiger partial charge on any atom is -0.462 e. The summed E-state index contributed by atoms with van der Waals surface area (Å²) < 4.78 is 69.0. The van der Waals surface area contributed by atoms with Crippen LogP contribution in [0.4, 0.5) is 0 Å². The number of aliphatic hydroxyl groups excluding tert-OH is 1. The lowest BCUT2D eigenvalue weighted by Gasteiger charge is -2.21. The van der Waals surface area contributed by atoms with Crippen LogP contribution in [0.5, 0.6) is 0 Å². The molecule has 0 aliphatic heterocycles. The van der Waals surface area contributed by atoms with Crippen LogP contribution in [0.1, 0.15) is 460 Å². The molecular weight excluding hydrogens is 1390 g/mol. The fraction of sp³-hybridized carbons (Fsp3) is 0.955. The molecule has 17 nitrogen and oxygen atoms in total. The van der Waals surface area contributed by atoms with E-state index in [4.69, 9.17) is 37.0 Å². The summed E-state index contributed by atoms with van der Waals surface area (Å²) >= 11 is 0. The molecule has 0 radical (unpaired) electrons. The third kappa shape index (κ3) is 81.9. The van der Waals surface area contributed by atoms with Crippen molar-refractivity contribution in [2.45, 2.75) is 478 Å². The van der Waals surface area contributed by atoms with Gasteiger partial charge in [-0.2, -0.15) is 0 Å². The quantitative estimate of drug-likeness (QED) is 0.0222. The Balaban J connectivity index is 5.26. The minimum atomic E-state index is -4.97. The molecule has 0 saturated heterocycles. The molecule has 3 N–H and O–H groups in total. The maximum atomic E-state index is 13.2. The van der Waals surface area contributed by atoms with Gasteiger partial charge in [0.2, 0.25) is 0 Å². The van der Waals surface area contributed by atoms with Crippen molar-refractivity contribution in [2.24, 2.45) is 23.7 Å². The van der Waals surface area contributed by atoms with Crippen LogP contribution < -0.4 is 0 Å². The van der Waals surface area contributed by atoms with Gasteiger partial charge in [-0.05, 0) is 49.4 Å². The SMILES string of the molecule is CC(C)CCCCCCCCCCCCCCCCCCC(=O)O[C@H](COC(=O)CCCCCCCCCCCCCCCCCC(C)C)COP(=O)(O)OC[C@@H](O)COP(=O)(O)OC[C@@H](COC(=O)CCCCCCCCCCCC(C)C)OC(=O)CCCCCCCCCCCCCCCCCC(C)C. The number of esters is 4. The lowest BCUT2D eigenvalue weighted by molar-refractivity contribution is -0.161. The van der Waals surface area contributed by atoms with E-state index in [1.54, 1.807) is 0 Å². The van der Waals surface area contributed by atoms with Crippen molar-refractivity contribution < 1.29 is 80.2 Å². The fourth-order valence-corrected chi connectivity index (χ4v) is 15.3. The molecule has 0 heterocycles. The van der Waals surface area contributed by atoms with E-state index >= 15 is 0 Å². The summed E-state index contributed by atoms with van der Waals surface area (Å²) in [6.45, 7) is 14.4. The van der Waals surface area contributed by atoms with Crippen LogP contribution in [0.2, 0.25) is 0 Å². The van der Waals surface area contributed by atoms with Gasteiger partial charge in [0.05, 0.1) is 26.4 Å². The van der Waals surface area contributed by atoms with E-state index in [0.717, 1.165) is 114 Å². The van der Waals surface area contributed by atoms with E-state index < -0.39 is 97.5 Å². The highest BCUT2D eigenvalue weighted by Gasteiger charge is 2.31. The summed E-state index contributed by atoms with van der Waals surface area (Å²) in [5.74, 6) is 1.06. The highest BCUT2D eigenvalue weighted by atomic mass is 31.2. The second-order valence-electron chi connectivity index (χ2n) is 33.5. The van der Waals surface area contributed by atoms with Gasteiger partial charge in [-0.15, -0.1) is 0 Å². The van der Waals surface area contributed by atoms with E-state index in [1.807, 2.05) is 0 Å². The Morgan fingerprint density at radius 3 is 0.579 bits per heavy atom. The molecule has 636 valence electrons. The van der Waals surface area contributed by atoms with Crippen LogP contribution in [0.25, 0.3) is 0 Å². The molecular formula is C88H172O17P2. The number of aliphatic hydroxyl groups is 1. The lowest BCUT2D eigenvalue weighted by atomic mass is 10.0. The predicted molar refractivity (Wildman–Crippen MR) is 441 cm³/mol. The van der Waals surface area contributed by atoms with Crippen molar-refractivity contribution in [1.29, 1.82) is 0 Å². The number of hydrogen-bond donors (Lipinski definition) is 3. The lowest BCUT2D eigenvalue weighted by Crippen LogP contribution is -2.30. The molecule has 2 unspecified atom stereocenters. The van der Waals surface area contributed by atoms with Crippen molar-refractivity contribution in [3.63, 3.8) is 0 Å². The molecule has 0 aromatic rings. The molecule has 0 aromatic carbocycles. The van der Waals surface area contributed by atoms with Crippen LogP contribution in [0.15, 0.2) is 0 Å². The standard InChI is InChI=1S/C88H172O17P2/c1-78(2)64-56-48-40-32-25-19-13-9-10-16-23-29-37-46-54-62-70-87(92)104-83(74-98-85(90)68-60-52-44-36-28-22-17-11-14-20-26-33-41-49-57-65-79(3)4)76-102-106(94,95)100-72-82(89)73-101-107(96,97)103-77-84(75-99-86(91)69-61-53-45-39-31-35-43-51-59-67-81(7)8)105-88(93)71-63-55-47-38-30-24-18-12-15-21-27-34-42-50-58-66-80(5)6/h78-84,89H,9-77H2,1-8H3,(H,94,95)(H,96,97)/t82-,83-,84-/m1/s1. The smallest absolute Gasteiger partial charge is 0.462 e. The first-order valence-corrected chi connectivity index (χ1v) is 48.2. The monoisotopic (exact) mass is 1560 g/mol. The molecule has 19 heteroatoms. The number of hydrogen-bond acceptors (Lipinski definition) is 15. The molecule has 0 saturated carbocycles. The number of phosphoric ester groups is 2. The third-order valence-electron chi connectivity index (χ3n) is 20.6. The highest BCUT2D eigenvalue weighted by Crippen LogP contribution is 2.45. The second kappa shape index (κ2) is 76.7. The van der Waals surface area contributed by atoms with Gasteiger partial charge in [-0.3, -0.25) is 37.3 Å². The van der Waals surface area contributed by atoms with E-state index in [-0.39, 0.29) is 25.7 Å². The molecule has 0 aliphatic carbocycles. The molecule has 0 rings (SSSR count). The van der Waals surface area contributed by atoms with E-state index in [1.165, 1.54) is 263 Å². The minimum absolute atomic E-state index is 0.107. The second-order valence-corrected chi connectivity index (χ2v) is 36.4. The Kier molecular flexibility index (Phi) is 75.3. The highest BCUT2D eigenvalue weighted by molar-refractivity contribution is 7.47. The van der Waals surface area contributed by atoms with Crippen molar-refractivity contribution in [3.8, 4) is 0 Å². The maximum absolute atomic E-state index is 13.2. The molecule has 0 fully saturated rings. The van der Waals surface area contributed by atoms with Gasteiger partial charge in [0, 0.05) is 25.7 Å². The first-order chi connectivity index (χ1) is 51.6. The zero-order valence-electron chi connectivity index (χ0n) is 70.8. The summed E-state index contributed by atoms with van der Waals surface area (Å²) in [7, 11) is -9.93. The van der Waals surface area contributed by atoms with Crippen LogP contribution in [-0.4, -0.2) is 96.7 Å². The molecule has 0 aromatic heterocycles. The van der Waals surface area contributed by atoms with Gasteiger partial charge in [0.25, 0.3) is 0 Å². The Morgan fingerprint density at radius 1 is 0.234 bits per heavy atom. The van der Waals surface area contributed by atoms with Gasteiger partial charge < -0.3 is 33.8 Å². The molecule has 0 spiro atoms. The Bertz CT molecular complexity index is 2080. The maximum Gasteiger partial charge on any atom is 0.472 e. The zero-order chi connectivity index (χ0) is 78.8. The van der Waals surface area contributed by atoms with Gasteiger partial charge in [-0.1, -0.05) is 409 Å². The van der Waals surface area contributed by atoms with Gasteiger partial charge in [0.1, 0.15) is 19.3 Å². The van der Waals surface area contributed by atoms with Crippen LogP contribution in [-0.2, 0) is 65.4 Å². The summed E-state index contributed by atoms with van der Waals surface area (Å²) in [6.07, 6.45) is 66.6. The van der Waals surface area contributed by atoms with Crippen LogP contribution >= 0.6 is 15.6 Å². The third-order valence-corrected chi connectivity index (χ3v) is 22.5. The number of unbranched alkanes of at least 4 members (excludes halogenated alkanes) is 51. The number of carbonyl (C=O) groups excluding carboxylic acids is 4. The van der Waals surface area contributed by atoms with E-state index in [0.29, 0.717) is 25.7 Å². The Hall–Kier alpha value is -1.94. The largest absolute Gasteiger partial charge is 0.472 e. The van der Waals surface area contributed by atoms with Crippen molar-refractivity contribution >= 4 is 39.5 Å². The number of ether oxygens (including phenoxy) is 4. The van der Waals surface area contributed by atoms with Crippen LogP contribution in [0, 0.1) is 23.7 Å². The summed E-state index contributed by atoms with van der Waals surface area (Å²) in [5, 5.41) is 10.7. The number of rotatable bonds is 85. The number of phosphoric acid groups is 2. The van der Waals surface area contributed by atoms with E-state index in [2.05, 4.69) is 55.4 Å². The van der Waals surface area contributed by atoms with Crippen molar-refractivity contribution in [3.05, 3.63) is 0 Å². The first-order valence-electron chi connectivity index (χ1n) is 45.2. The summed E-state index contributed by atoms with van der Waals surface area (Å²) in [6, 6.07) is 0. The molecule has 5 atom stereocenters. The summed E-state index contributed by atoms with van der Waals surface area (Å²) in [5.41, 5.74) is 0. The van der Waals surface area contributed by atoms with Crippen LogP contribution in [0.3, 0.4) is 0 Å². The normalized spacial score (nSPS) is 13.9.